The van der Waals surface area contributed by atoms with Gasteiger partial charge in [0.2, 0.25) is 0 Å². The van der Waals surface area contributed by atoms with Crippen LogP contribution in [0.25, 0.3) is 11.3 Å². The summed E-state index contributed by atoms with van der Waals surface area (Å²) in [5, 5.41) is 6.91. The van der Waals surface area contributed by atoms with Crippen LogP contribution in [0.5, 0.6) is 5.75 Å². The van der Waals surface area contributed by atoms with Crippen LogP contribution in [0.15, 0.2) is 59.1 Å². The number of aryl methyl sites for hydroxylation is 1. The van der Waals surface area contributed by atoms with Gasteiger partial charge in [0.05, 0.1) is 19.3 Å². The fourth-order valence-corrected chi connectivity index (χ4v) is 2.63. The molecule has 0 atom stereocenters. The average Bonchev–Trinajstić information content (AvgIpc) is 3.12. The Hall–Kier alpha value is -3.81. The molecule has 0 aliphatic rings. The molecular formula is C20H20N4O4. The van der Waals surface area contributed by atoms with E-state index in [1.807, 2.05) is 42.5 Å². The molecule has 144 valence electrons. The van der Waals surface area contributed by atoms with Gasteiger partial charge in [-0.2, -0.15) is 0 Å². The molecule has 1 heterocycles. The van der Waals surface area contributed by atoms with Gasteiger partial charge in [0.15, 0.2) is 0 Å². The molecule has 0 unspecified atom stereocenters. The molecule has 2 amide bonds. The molecule has 3 aromatic rings. The molecule has 0 aliphatic heterocycles. The molecule has 0 bridgehead atoms. The van der Waals surface area contributed by atoms with E-state index < -0.39 is 11.8 Å². The highest BCUT2D eigenvalue weighted by molar-refractivity contribution is 6.01. The first-order valence-electron chi connectivity index (χ1n) is 8.58. The van der Waals surface area contributed by atoms with Crippen LogP contribution in [0, 0.1) is 6.92 Å². The summed E-state index contributed by atoms with van der Waals surface area (Å²) in [6, 6.07) is 16.4. The molecule has 8 nitrogen and oxygen atoms in total. The largest absolute Gasteiger partial charge is 0.495 e. The molecule has 3 N–H and O–H groups in total. The third-order valence-corrected chi connectivity index (χ3v) is 4.00. The highest BCUT2D eigenvalue weighted by Crippen LogP contribution is 2.25. The second kappa shape index (κ2) is 8.72. The SMILES string of the molecule is COc1ccccc1NCC(=O)NNC(=O)c1c(-c2ccccc2)noc1C. The van der Waals surface area contributed by atoms with E-state index in [2.05, 4.69) is 21.3 Å². The Morgan fingerprint density at radius 2 is 1.75 bits per heavy atom. The number of amides is 2. The van der Waals surface area contributed by atoms with Gasteiger partial charge >= 0.3 is 0 Å². The number of nitrogens with zero attached hydrogens (tertiary/aromatic N) is 1. The van der Waals surface area contributed by atoms with Gasteiger partial charge in [-0.3, -0.25) is 20.4 Å². The van der Waals surface area contributed by atoms with Crippen LogP contribution >= 0.6 is 0 Å². The van der Waals surface area contributed by atoms with Crippen LogP contribution in [0.2, 0.25) is 0 Å². The third kappa shape index (κ3) is 4.29. The molecule has 8 heteroatoms. The number of carbonyl (C=O) groups is 2. The molecule has 0 aliphatic carbocycles. The Balaban J connectivity index is 1.60. The number of anilines is 1. The van der Waals surface area contributed by atoms with Crippen molar-refractivity contribution in [3.8, 4) is 17.0 Å². The molecule has 1 aromatic heterocycles. The number of hydrogen-bond donors (Lipinski definition) is 3. The summed E-state index contributed by atoms with van der Waals surface area (Å²) in [4.78, 5) is 24.6. The van der Waals surface area contributed by atoms with Crippen molar-refractivity contribution in [2.75, 3.05) is 19.0 Å². The Kier molecular flexibility index (Phi) is 5.91. The number of carbonyl (C=O) groups excluding carboxylic acids is 2. The van der Waals surface area contributed by atoms with Crippen molar-refractivity contribution in [1.29, 1.82) is 0 Å². The number of methoxy groups -OCH3 is 1. The maximum absolute atomic E-state index is 12.5. The van der Waals surface area contributed by atoms with Gasteiger partial charge in [0.1, 0.15) is 22.8 Å². The minimum absolute atomic E-state index is 0.0468. The number of benzene rings is 2. The average molecular weight is 380 g/mol. The predicted molar refractivity (Wildman–Crippen MR) is 104 cm³/mol. The second-order valence-electron chi connectivity index (χ2n) is 5.88. The summed E-state index contributed by atoms with van der Waals surface area (Å²) < 4.78 is 10.4. The van der Waals surface area contributed by atoms with E-state index in [-0.39, 0.29) is 12.1 Å². The summed E-state index contributed by atoms with van der Waals surface area (Å²) in [7, 11) is 1.55. The Labute approximate surface area is 161 Å². The van der Waals surface area contributed by atoms with Gasteiger partial charge < -0.3 is 14.6 Å². The van der Waals surface area contributed by atoms with Crippen molar-refractivity contribution >= 4 is 17.5 Å². The van der Waals surface area contributed by atoms with Crippen molar-refractivity contribution in [3.05, 3.63) is 65.9 Å². The molecule has 0 spiro atoms. The third-order valence-electron chi connectivity index (χ3n) is 4.00. The molecule has 0 saturated carbocycles. The summed E-state index contributed by atoms with van der Waals surface area (Å²) in [6.07, 6.45) is 0. The zero-order valence-corrected chi connectivity index (χ0v) is 15.5. The highest BCUT2D eigenvalue weighted by Gasteiger charge is 2.21. The Morgan fingerprint density at radius 1 is 1.04 bits per heavy atom. The molecule has 0 radical (unpaired) electrons. The van der Waals surface area contributed by atoms with Crippen LogP contribution in [0.1, 0.15) is 16.1 Å². The number of nitrogens with one attached hydrogen (secondary N) is 3. The number of rotatable bonds is 6. The lowest BCUT2D eigenvalue weighted by Crippen LogP contribution is -2.44. The molecule has 2 aromatic carbocycles. The lowest BCUT2D eigenvalue weighted by atomic mass is 10.1. The van der Waals surface area contributed by atoms with Crippen molar-refractivity contribution in [2.24, 2.45) is 0 Å². The van der Waals surface area contributed by atoms with Crippen LogP contribution in [-0.4, -0.2) is 30.6 Å². The number of para-hydroxylation sites is 2. The standard InChI is InChI=1S/C20H20N4O4/c1-13-18(19(24-28-13)14-8-4-3-5-9-14)20(26)23-22-17(25)12-21-15-10-6-7-11-16(15)27-2/h3-11,21H,12H2,1-2H3,(H,22,25)(H,23,26). The Morgan fingerprint density at radius 3 is 2.50 bits per heavy atom. The first-order valence-corrected chi connectivity index (χ1v) is 8.58. The zero-order chi connectivity index (χ0) is 19.9. The second-order valence-corrected chi connectivity index (χ2v) is 5.88. The molecule has 3 rings (SSSR count). The van der Waals surface area contributed by atoms with Gasteiger partial charge in [0.25, 0.3) is 11.8 Å². The monoisotopic (exact) mass is 380 g/mol. The van der Waals surface area contributed by atoms with Crippen LogP contribution in [-0.2, 0) is 4.79 Å². The van der Waals surface area contributed by atoms with Gasteiger partial charge in [-0.05, 0) is 19.1 Å². The summed E-state index contributed by atoms with van der Waals surface area (Å²) in [6.45, 7) is 1.59. The maximum Gasteiger partial charge on any atom is 0.275 e. The van der Waals surface area contributed by atoms with Crippen LogP contribution in [0.3, 0.4) is 0 Å². The van der Waals surface area contributed by atoms with Crippen molar-refractivity contribution in [3.63, 3.8) is 0 Å². The topological polar surface area (TPSA) is 105 Å². The van der Waals surface area contributed by atoms with E-state index in [0.29, 0.717) is 22.9 Å². The number of hydrogen-bond acceptors (Lipinski definition) is 6. The first-order chi connectivity index (χ1) is 13.6. The first kappa shape index (κ1) is 19.0. The molecule has 28 heavy (non-hydrogen) atoms. The van der Waals surface area contributed by atoms with E-state index >= 15 is 0 Å². The summed E-state index contributed by atoms with van der Waals surface area (Å²) in [5.74, 6) is 0.0440. The Bertz CT molecular complexity index is 969. The highest BCUT2D eigenvalue weighted by atomic mass is 16.5. The number of ether oxygens (including phenoxy) is 1. The number of hydrazine groups is 1. The molecule has 0 saturated heterocycles. The van der Waals surface area contributed by atoms with Crippen molar-refractivity contribution in [2.45, 2.75) is 6.92 Å². The van der Waals surface area contributed by atoms with E-state index in [1.165, 1.54) is 0 Å². The quantitative estimate of drug-likeness (QED) is 0.568. The van der Waals surface area contributed by atoms with Gasteiger partial charge in [-0.15, -0.1) is 0 Å². The van der Waals surface area contributed by atoms with Crippen LogP contribution < -0.4 is 20.9 Å². The minimum atomic E-state index is -0.511. The fourth-order valence-electron chi connectivity index (χ4n) is 2.63. The van der Waals surface area contributed by atoms with E-state index in [9.17, 15) is 9.59 Å². The summed E-state index contributed by atoms with van der Waals surface area (Å²) in [5.41, 5.74) is 6.86. The van der Waals surface area contributed by atoms with Crippen molar-refractivity contribution in [1.82, 2.24) is 16.0 Å². The van der Waals surface area contributed by atoms with Gasteiger partial charge in [-0.25, -0.2) is 0 Å². The minimum Gasteiger partial charge on any atom is -0.495 e. The van der Waals surface area contributed by atoms with E-state index in [0.717, 1.165) is 5.56 Å². The lowest BCUT2D eigenvalue weighted by Gasteiger charge is -2.11. The molecule has 0 fully saturated rings. The lowest BCUT2D eigenvalue weighted by molar-refractivity contribution is -0.120. The van der Waals surface area contributed by atoms with Gasteiger partial charge in [-0.1, -0.05) is 47.6 Å². The zero-order valence-electron chi connectivity index (χ0n) is 15.5. The smallest absolute Gasteiger partial charge is 0.275 e. The van der Waals surface area contributed by atoms with E-state index in [1.54, 1.807) is 26.2 Å². The number of aromatic nitrogens is 1. The molecular weight excluding hydrogens is 360 g/mol. The fraction of sp³-hybridized carbons (Fsp3) is 0.150. The van der Waals surface area contributed by atoms with Crippen molar-refractivity contribution < 1.29 is 18.8 Å². The summed E-state index contributed by atoms with van der Waals surface area (Å²) >= 11 is 0. The predicted octanol–water partition coefficient (Wildman–Crippen LogP) is 2.53. The van der Waals surface area contributed by atoms with E-state index in [4.69, 9.17) is 9.26 Å². The van der Waals surface area contributed by atoms with Gasteiger partial charge in [0, 0.05) is 5.56 Å². The maximum atomic E-state index is 12.5. The van der Waals surface area contributed by atoms with Crippen LogP contribution in [0.4, 0.5) is 5.69 Å². The normalized spacial score (nSPS) is 10.2.